The number of nitrogens with zero attached hydrogens (tertiary/aromatic N) is 4. The van der Waals surface area contributed by atoms with Gasteiger partial charge in [0.1, 0.15) is 0 Å². The standard InChI is InChI=1S/C21H26ClN3OS.C14H21N3O2S/c22-17-6-7-21-19(16-17)25(18-4-1-2-5-20(18)27-21)9-3-8-23-10-12-24(13-11-23)14-15-26;1-15-20(18,19)10-11-4-5-14-13(8-11)12(9-16-14)6-7-17(2)3/h1-2,4-7,16,26H,3,8-15H2;4-5,8-9,15-16H,6-7,10H2,1-3H3. The molecule has 3 aromatic carbocycles. The number of rotatable bonds is 12. The van der Waals surface area contributed by atoms with E-state index in [4.69, 9.17) is 16.7 Å². The van der Waals surface area contributed by atoms with Crippen LogP contribution < -0.4 is 9.62 Å². The fourth-order valence-corrected chi connectivity index (χ4v) is 8.04. The van der Waals surface area contributed by atoms with E-state index < -0.39 is 10.0 Å². The van der Waals surface area contributed by atoms with Crippen molar-refractivity contribution in [2.24, 2.45) is 0 Å². The Morgan fingerprint density at radius 3 is 2.38 bits per heavy atom. The van der Waals surface area contributed by atoms with E-state index in [1.54, 1.807) is 0 Å². The highest BCUT2D eigenvalue weighted by molar-refractivity contribution is 7.99. The molecule has 47 heavy (non-hydrogen) atoms. The van der Waals surface area contributed by atoms with Crippen LogP contribution in [0.25, 0.3) is 10.9 Å². The lowest BCUT2D eigenvalue weighted by molar-refractivity contribution is 0.112. The Bertz CT molecular complexity index is 1720. The second-order valence-corrected chi connectivity index (χ2v) is 15.8. The molecule has 0 amide bonds. The molecule has 6 rings (SSSR count). The molecule has 0 saturated carbocycles. The maximum atomic E-state index is 11.6. The summed E-state index contributed by atoms with van der Waals surface area (Å²) in [7, 11) is 2.29. The zero-order valence-electron chi connectivity index (χ0n) is 27.6. The van der Waals surface area contributed by atoms with Crippen molar-refractivity contribution in [3.05, 3.63) is 83.0 Å². The van der Waals surface area contributed by atoms with Crippen LogP contribution in [0, 0.1) is 0 Å². The lowest BCUT2D eigenvalue weighted by Gasteiger charge is -2.36. The summed E-state index contributed by atoms with van der Waals surface area (Å²) < 4.78 is 25.6. The lowest BCUT2D eigenvalue weighted by atomic mass is 10.1. The number of piperazine rings is 1. The monoisotopic (exact) mass is 698 g/mol. The van der Waals surface area contributed by atoms with Gasteiger partial charge in [0, 0.05) is 77.7 Å². The molecule has 2 aliphatic rings. The molecule has 3 N–H and O–H groups in total. The number of aromatic nitrogens is 1. The van der Waals surface area contributed by atoms with Gasteiger partial charge >= 0.3 is 0 Å². The maximum Gasteiger partial charge on any atom is 0.215 e. The summed E-state index contributed by atoms with van der Waals surface area (Å²) in [6, 6.07) is 20.6. The fourth-order valence-electron chi connectivity index (χ4n) is 6.03. The number of β-amino-alcohol motifs (C(OH)–C–C–N with tert-alkyl or cyclic N) is 1. The van der Waals surface area contributed by atoms with Gasteiger partial charge in [-0.25, -0.2) is 13.1 Å². The summed E-state index contributed by atoms with van der Waals surface area (Å²) >= 11 is 8.12. The van der Waals surface area contributed by atoms with Gasteiger partial charge < -0.3 is 24.8 Å². The van der Waals surface area contributed by atoms with Crippen molar-refractivity contribution in [3.63, 3.8) is 0 Å². The second kappa shape index (κ2) is 16.7. The van der Waals surface area contributed by atoms with E-state index in [9.17, 15) is 8.42 Å². The minimum Gasteiger partial charge on any atom is -0.395 e. The quantitative estimate of drug-likeness (QED) is 0.185. The molecular weight excluding hydrogens is 652 g/mol. The Morgan fingerprint density at radius 1 is 0.936 bits per heavy atom. The van der Waals surface area contributed by atoms with E-state index in [2.05, 4.69) is 65.7 Å². The number of sulfonamides is 1. The van der Waals surface area contributed by atoms with Gasteiger partial charge in [0.15, 0.2) is 0 Å². The summed E-state index contributed by atoms with van der Waals surface area (Å²) in [5.74, 6) is 0.0116. The fraction of sp³-hybridized carbons (Fsp3) is 0.429. The van der Waals surface area contributed by atoms with Gasteiger partial charge in [-0.3, -0.25) is 4.90 Å². The number of fused-ring (bicyclic) bond motifs is 3. The third-order valence-electron chi connectivity index (χ3n) is 8.65. The molecule has 0 spiro atoms. The first-order valence-corrected chi connectivity index (χ1v) is 19.0. The first-order valence-electron chi connectivity index (χ1n) is 16.2. The third kappa shape index (κ3) is 9.73. The normalized spacial score (nSPS) is 15.4. The van der Waals surface area contributed by atoms with Crippen LogP contribution in [0.2, 0.25) is 5.02 Å². The number of halogens is 1. The number of benzene rings is 3. The predicted octanol–water partition coefficient (Wildman–Crippen LogP) is 5.26. The topological polar surface area (TPSA) is 95.1 Å². The Labute approximate surface area is 288 Å². The van der Waals surface area contributed by atoms with E-state index in [1.807, 2.05) is 56.3 Å². The number of nitrogens with one attached hydrogen (secondary N) is 2. The van der Waals surface area contributed by atoms with Crippen LogP contribution in [0.15, 0.2) is 76.7 Å². The molecule has 0 aliphatic carbocycles. The number of H-pyrrole nitrogens is 1. The third-order valence-corrected chi connectivity index (χ3v) is 11.4. The minimum atomic E-state index is -3.23. The molecule has 4 aromatic rings. The van der Waals surface area contributed by atoms with Crippen molar-refractivity contribution in [2.45, 2.75) is 28.4 Å². The molecular formula is C35H47ClN6O3S2. The van der Waals surface area contributed by atoms with Crippen LogP contribution >= 0.6 is 23.4 Å². The lowest BCUT2D eigenvalue weighted by Crippen LogP contribution is -2.47. The summed E-state index contributed by atoms with van der Waals surface area (Å²) in [5.41, 5.74) is 5.57. The summed E-state index contributed by atoms with van der Waals surface area (Å²) in [6.07, 6.45) is 4.06. The maximum absolute atomic E-state index is 11.6. The van der Waals surface area contributed by atoms with E-state index in [1.165, 1.54) is 33.8 Å². The average molecular weight is 699 g/mol. The smallest absolute Gasteiger partial charge is 0.215 e. The number of aromatic amines is 1. The van der Waals surface area contributed by atoms with Crippen LogP contribution in [0.1, 0.15) is 17.5 Å². The van der Waals surface area contributed by atoms with E-state index >= 15 is 0 Å². The summed E-state index contributed by atoms with van der Waals surface area (Å²) in [5, 5.41) is 11.0. The number of para-hydroxylation sites is 1. The van der Waals surface area contributed by atoms with E-state index in [0.717, 1.165) is 86.7 Å². The molecule has 1 saturated heterocycles. The summed E-state index contributed by atoms with van der Waals surface area (Å²) in [6.45, 7) is 8.42. The number of hydrogen-bond acceptors (Lipinski definition) is 8. The van der Waals surface area contributed by atoms with Gasteiger partial charge in [-0.15, -0.1) is 0 Å². The first-order chi connectivity index (χ1) is 22.7. The highest BCUT2D eigenvalue weighted by Crippen LogP contribution is 2.48. The van der Waals surface area contributed by atoms with Crippen molar-refractivity contribution in [1.29, 1.82) is 0 Å². The molecule has 2 aliphatic heterocycles. The van der Waals surface area contributed by atoms with Crippen molar-refractivity contribution < 1.29 is 13.5 Å². The highest BCUT2D eigenvalue weighted by Gasteiger charge is 2.24. The minimum absolute atomic E-state index is 0.0116. The number of anilines is 2. The Morgan fingerprint density at radius 2 is 1.66 bits per heavy atom. The largest absolute Gasteiger partial charge is 0.395 e. The number of hydrogen-bond donors (Lipinski definition) is 3. The molecule has 9 nitrogen and oxygen atoms in total. The SMILES string of the molecule is CNS(=O)(=O)Cc1ccc2[nH]cc(CCN(C)C)c2c1.OCCN1CCN(CCCN2c3ccccc3Sc3ccc(Cl)cc32)CC1. The molecule has 3 heterocycles. The average Bonchev–Trinajstić information content (AvgIpc) is 3.47. The van der Waals surface area contributed by atoms with Crippen LogP contribution in [0.5, 0.6) is 0 Å². The highest BCUT2D eigenvalue weighted by atomic mass is 35.5. The number of likely N-dealkylation sites (N-methyl/N-ethyl adjacent to an activating group) is 1. The van der Waals surface area contributed by atoms with Gasteiger partial charge in [0.2, 0.25) is 10.0 Å². The number of aliphatic hydroxyl groups excluding tert-OH is 1. The molecule has 1 aromatic heterocycles. The zero-order chi connectivity index (χ0) is 33.4. The van der Waals surface area contributed by atoms with Crippen molar-refractivity contribution in [1.82, 2.24) is 24.4 Å². The Kier molecular flexibility index (Phi) is 12.7. The van der Waals surface area contributed by atoms with Crippen molar-refractivity contribution >= 4 is 55.7 Å². The van der Waals surface area contributed by atoms with E-state index in [-0.39, 0.29) is 12.4 Å². The van der Waals surface area contributed by atoms with Gasteiger partial charge in [0.05, 0.1) is 23.7 Å². The molecule has 0 atom stereocenters. The molecule has 0 unspecified atom stereocenters. The molecule has 12 heteroatoms. The van der Waals surface area contributed by atoms with Gasteiger partial charge in [0.25, 0.3) is 0 Å². The molecule has 0 radical (unpaired) electrons. The molecule has 1 fully saturated rings. The Balaban J connectivity index is 0.000000194. The second-order valence-electron chi connectivity index (χ2n) is 12.3. The molecule has 254 valence electrons. The van der Waals surface area contributed by atoms with Crippen LogP contribution in [0.4, 0.5) is 11.4 Å². The van der Waals surface area contributed by atoms with Crippen molar-refractivity contribution in [2.75, 3.05) is 85.0 Å². The predicted molar refractivity (Wildman–Crippen MR) is 196 cm³/mol. The Hall–Kier alpha value is -2.61. The number of aliphatic hydroxyl groups is 1. The van der Waals surface area contributed by atoms with Gasteiger partial charge in [-0.1, -0.05) is 41.6 Å². The first kappa shape index (κ1) is 35.7. The van der Waals surface area contributed by atoms with Crippen LogP contribution in [-0.4, -0.2) is 113 Å². The van der Waals surface area contributed by atoms with Gasteiger partial charge in [-0.05, 0) is 94.1 Å². The van der Waals surface area contributed by atoms with Crippen molar-refractivity contribution in [3.8, 4) is 0 Å². The zero-order valence-corrected chi connectivity index (χ0v) is 30.0. The van der Waals surface area contributed by atoms with E-state index in [0.29, 0.717) is 0 Å². The van der Waals surface area contributed by atoms with Gasteiger partial charge in [-0.2, -0.15) is 0 Å². The summed E-state index contributed by atoms with van der Waals surface area (Å²) in [4.78, 5) is 15.3. The molecule has 0 bridgehead atoms. The van der Waals surface area contributed by atoms with Crippen LogP contribution in [-0.2, 0) is 22.2 Å². The van der Waals surface area contributed by atoms with Crippen LogP contribution in [0.3, 0.4) is 0 Å².